The van der Waals surface area contributed by atoms with Crippen LogP contribution in [0.15, 0.2) is 84.9 Å². The van der Waals surface area contributed by atoms with E-state index in [9.17, 15) is 51.1 Å². The van der Waals surface area contributed by atoms with Crippen molar-refractivity contribution in [1.29, 1.82) is 0 Å². The fourth-order valence-corrected chi connectivity index (χ4v) is 6.05. The fourth-order valence-electron chi connectivity index (χ4n) is 6.05. The highest BCUT2D eigenvalue weighted by molar-refractivity contribution is 6.01. The topological polar surface area (TPSA) is 233 Å². The molecule has 0 radical (unpaired) electrons. The van der Waals surface area contributed by atoms with E-state index in [0.29, 0.717) is 32.2 Å². The third-order valence-electron chi connectivity index (χ3n) is 9.24. The van der Waals surface area contributed by atoms with E-state index in [4.69, 9.17) is 28.2 Å². The zero-order valence-corrected chi connectivity index (χ0v) is 38.0. The Hall–Kier alpha value is -7.35. The summed E-state index contributed by atoms with van der Waals surface area (Å²) in [4.78, 5) is 86.6. The van der Waals surface area contributed by atoms with Gasteiger partial charge in [-0.15, -0.1) is 0 Å². The summed E-state index contributed by atoms with van der Waals surface area (Å²) in [6, 6.07) is 15.0. The Morgan fingerprint density at radius 3 is 1.41 bits per heavy atom. The summed E-state index contributed by atoms with van der Waals surface area (Å²) >= 11 is 0. The molecule has 0 unspecified atom stereocenters. The number of nitrogens with two attached hydrogens (primary N) is 1. The molecule has 4 aromatic carbocycles. The van der Waals surface area contributed by atoms with Crippen LogP contribution >= 0.6 is 0 Å². The minimum Gasteiger partial charge on any atom is -0.480 e. The Kier molecular flexibility index (Phi) is 19.0. The van der Waals surface area contributed by atoms with Crippen LogP contribution in [0.1, 0.15) is 102 Å². The molecule has 0 saturated heterocycles. The van der Waals surface area contributed by atoms with Gasteiger partial charge in [-0.1, -0.05) is 24.3 Å². The van der Waals surface area contributed by atoms with Crippen molar-refractivity contribution in [3.05, 3.63) is 119 Å². The number of halogens is 4. The van der Waals surface area contributed by atoms with Crippen LogP contribution in [0.3, 0.4) is 0 Å². The van der Waals surface area contributed by atoms with E-state index >= 15 is 0 Å². The molecule has 0 saturated carbocycles. The number of carbonyl (C=O) groups excluding carboxylic acids is 7. The van der Waals surface area contributed by atoms with Gasteiger partial charge in [-0.3, -0.25) is 28.8 Å². The number of carbonyl (C=O) groups is 7. The molecule has 7 N–H and O–H groups in total. The van der Waals surface area contributed by atoms with Gasteiger partial charge < -0.3 is 46.5 Å². The van der Waals surface area contributed by atoms with Crippen molar-refractivity contribution < 1.29 is 73.6 Å². The molecule has 0 heterocycles. The molecule has 0 fully saturated rings. The first-order valence-corrected chi connectivity index (χ1v) is 21.4. The second-order valence-electron chi connectivity index (χ2n) is 15.9. The van der Waals surface area contributed by atoms with Crippen LogP contribution in [0.5, 0.6) is 11.5 Å². The molecule has 20 heteroatoms. The molecule has 5 amide bonds. The summed E-state index contributed by atoms with van der Waals surface area (Å²) in [5.74, 6) is -10.5. The predicted molar refractivity (Wildman–Crippen MR) is 249 cm³/mol. The molecule has 0 aliphatic carbocycles. The van der Waals surface area contributed by atoms with Crippen LogP contribution in [-0.2, 0) is 23.9 Å². The van der Waals surface area contributed by atoms with E-state index in [1.807, 2.05) is 0 Å². The SMILES string of the molecule is [2H]C([2H])([2H])C(=O)Nc1cccc(C(=O)N[C@H](CCCCN)C(=O)COc2c(F)cccc2F)c1.[2H]C([2H])([2H])C(=O)Nc1cccc(C(=O)N[C@H](CCCCNC(=O)OC(C)(C)C)C(=O)COc2c(F)cccc2F)c1. The molecule has 4 rings (SSSR count). The largest absolute Gasteiger partial charge is 0.480 e. The molecule has 4 aromatic rings. The summed E-state index contributed by atoms with van der Waals surface area (Å²) in [6.45, 7) is -1.42. The molecular formula is C49H58F4N6O10. The highest BCUT2D eigenvalue weighted by Gasteiger charge is 2.25. The van der Waals surface area contributed by atoms with E-state index in [1.165, 1.54) is 48.5 Å². The summed E-state index contributed by atoms with van der Waals surface area (Å²) in [5, 5.41) is 12.1. The lowest BCUT2D eigenvalue weighted by molar-refractivity contribution is -0.123. The number of ketones is 2. The highest BCUT2D eigenvalue weighted by Crippen LogP contribution is 2.23. The van der Waals surface area contributed by atoms with Gasteiger partial charge in [0.25, 0.3) is 11.8 Å². The van der Waals surface area contributed by atoms with Crippen molar-refractivity contribution in [2.24, 2.45) is 5.73 Å². The van der Waals surface area contributed by atoms with Crippen molar-refractivity contribution in [1.82, 2.24) is 16.0 Å². The van der Waals surface area contributed by atoms with E-state index in [0.717, 1.165) is 36.4 Å². The van der Waals surface area contributed by atoms with E-state index in [1.54, 1.807) is 20.8 Å². The second kappa shape index (κ2) is 28.1. The van der Waals surface area contributed by atoms with Crippen LogP contribution in [0.4, 0.5) is 33.7 Å². The maximum Gasteiger partial charge on any atom is 0.407 e. The number of nitrogens with one attached hydrogen (secondary N) is 5. The van der Waals surface area contributed by atoms with Gasteiger partial charge in [0, 0.05) is 51.0 Å². The third-order valence-corrected chi connectivity index (χ3v) is 9.24. The minimum atomic E-state index is -2.90. The van der Waals surface area contributed by atoms with Gasteiger partial charge in [0.15, 0.2) is 46.3 Å². The number of amides is 5. The number of Topliss-reactive ketones (excluding diaryl/α,β-unsaturated/α-hetero) is 2. The predicted octanol–water partition coefficient (Wildman–Crippen LogP) is 7.16. The normalized spacial score (nSPS) is 13.3. The number of alkyl carbamates (subject to hydrolysis) is 1. The average Bonchev–Trinajstić information content (AvgIpc) is 3.32. The Morgan fingerprint density at radius 1 is 0.609 bits per heavy atom. The second-order valence-corrected chi connectivity index (χ2v) is 15.9. The number of ether oxygens (including phenoxy) is 3. The molecule has 372 valence electrons. The van der Waals surface area contributed by atoms with Gasteiger partial charge in [-0.2, -0.15) is 0 Å². The lowest BCUT2D eigenvalue weighted by atomic mass is 10.0. The lowest BCUT2D eigenvalue weighted by Gasteiger charge is -2.20. The molecule has 2 atom stereocenters. The Labute approximate surface area is 405 Å². The van der Waals surface area contributed by atoms with Gasteiger partial charge >= 0.3 is 6.09 Å². The monoisotopic (exact) mass is 972 g/mol. The highest BCUT2D eigenvalue weighted by atomic mass is 19.1. The van der Waals surface area contributed by atoms with Crippen molar-refractivity contribution in [2.75, 3.05) is 36.9 Å². The Morgan fingerprint density at radius 2 is 1.01 bits per heavy atom. The minimum absolute atomic E-state index is 0.0128. The summed E-state index contributed by atoms with van der Waals surface area (Å²) in [5.41, 5.74) is 5.01. The van der Waals surface area contributed by atoms with Gasteiger partial charge in [0.2, 0.25) is 11.8 Å². The van der Waals surface area contributed by atoms with Crippen LogP contribution in [-0.4, -0.2) is 85.3 Å². The van der Waals surface area contributed by atoms with Crippen LogP contribution in [0.25, 0.3) is 0 Å². The van der Waals surface area contributed by atoms with Crippen molar-refractivity contribution in [3.8, 4) is 11.5 Å². The summed E-state index contributed by atoms with van der Waals surface area (Å²) in [7, 11) is 0. The third kappa shape index (κ3) is 20.6. The number of para-hydroxylation sites is 2. The molecule has 0 aliphatic heterocycles. The van der Waals surface area contributed by atoms with Crippen molar-refractivity contribution in [2.45, 2.75) is 90.7 Å². The average molecular weight is 973 g/mol. The number of hydrogen-bond acceptors (Lipinski definition) is 11. The van der Waals surface area contributed by atoms with Gasteiger partial charge in [-0.05, 0) is 127 Å². The number of unbranched alkanes of at least 4 members (excludes halogenated alkanes) is 2. The molecule has 0 bridgehead atoms. The maximum absolute atomic E-state index is 13.9. The molecular weight excluding hydrogens is 909 g/mol. The van der Waals surface area contributed by atoms with Gasteiger partial charge in [0.05, 0.1) is 12.1 Å². The maximum atomic E-state index is 13.9. The first-order chi connectivity index (χ1) is 35.1. The van der Waals surface area contributed by atoms with E-state index in [-0.39, 0.29) is 41.9 Å². The molecule has 0 spiro atoms. The first-order valence-electron chi connectivity index (χ1n) is 24.4. The molecule has 16 nitrogen and oxygen atoms in total. The van der Waals surface area contributed by atoms with Crippen LogP contribution < -0.4 is 41.8 Å². The van der Waals surface area contributed by atoms with Gasteiger partial charge in [-0.25, -0.2) is 22.4 Å². The smallest absolute Gasteiger partial charge is 0.407 e. The lowest BCUT2D eigenvalue weighted by Crippen LogP contribution is -2.43. The standard InChI is InChI=1S/C27H33F2N3O6.C22H25F2N3O4/c1-17(33)31-19-10-7-9-18(15-19)25(35)32-22(13-5-6-14-30-26(36)38-27(2,3)4)23(34)16-37-24-20(28)11-8-12-21(24)29;1-14(28)26-16-7-4-6-15(12-16)22(30)27-19(10-2-3-11-25)20(29)13-31-21-17(23)8-5-9-18(21)24/h7-12,15,22H,5-6,13-14,16H2,1-4H3,(H,30,36)(H,31,33)(H,32,35);4-9,12,19H,2-3,10-11,13,25H2,1H3,(H,26,28)(H,27,30)/t22-;19-/m11/s1/i2*1D3. The van der Waals surface area contributed by atoms with Crippen molar-refractivity contribution >= 4 is 52.7 Å². The summed E-state index contributed by atoms with van der Waals surface area (Å²) in [6.07, 6.45) is 1.55. The molecule has 0 aromatic heterocycles. The number of anilines is 2. The summed E-state index contributed by atoms with van der Waals surface area (Å²) < 4.78 is 113. The zero-order valence-electron chi connectivity index (χ0n) is 44.0. The van der Waals surface area contributed by atoms with Gasteiger partial charge in [0.1, 0.15) is 18.8 Å². The molecule has 69 heavy (non-hydrogen) atoms. The molecule has 0 aliphatic rings. The van der Waals surface area contributed by atoms with Crippen LogP contribution in [0, 0.1) is 23.3 Å². The Balaban J connectivity index is 0.000000402. The number of benzene rings is 4. The van der Waals surface area contributed by atoms with Crippen molar-refractivity contribution in [3.63, 3.8) is 0 Å². The zero-order chi connectivity index (χ0) is 56.1. The quantitative estimate of drug-likeness (QED) is 0.0322. The number of rotatable bonds is 23. The van der Waals surface area contributed by atoms with E-state index < -0.39 is 121 Å². The van der Waals surface area contributed by atoms with E-state index in [2.05, 4.69) is 26.6 Å². The van der Waals surface area contributed by atoms with Crippen LogP contribution in [0.2, 0.25) is 0 Å². The fraction of sp³-hybridized carbons (Fsp3) is 0.367. The first kappa shape index (κ1) is 46.7. The number of hydrogen-bond donors (Lipinski definition) is 6. The Bertz CT molecular complexity index is 2600.